The number of hydrogen-bond acceptors (Lipinski definition) is 6. The Balaban J connectivity index is 1.55. The molecule has 7 nitrogen and oxygen atoms in total. The van der Waals surface area contributed by atoms with Crippen molar-refractivity contribution in [2.75, 3.05) is 33.1 Å². The minimum absolute atomic E-state index is 0.150. The second-order valence-corrected chi connectivity index (χ2v) is 6.68. The molecular weight excluding hydrogens is 358 g/mol. The van der Waals surface area contributed by atoms with Crippen LogP contribution in [0.25, 0.3) is 22.2 Å². The number of nitrogens with one attached hydrogen (secondary N) is 1. The van der Waals surface area contributed by atoms with Crippen LogP contribution in [0.4, 0.5) is 0 Å². The van der Waals surface area contributed by atoms with Crippen LogP contribution in [0.15, 0.2) is 48.5 Å². The lowest BCUT2D eigenvalue weighted by Gasteiger charge is -2.27. The minimum atomic E-state index is -0.150. The van der Waals surface area contributed by atoms with Crippen LogP contribution in [0.3, 0.4) is 0 Å². The van der Waals surface area contributed by atoms with Crippen molar-refractivity contribution in [1.29, 1.82) is 0 Å². The van der Waals surface area contributed by atoms with Crippen molar-refractivity contribution in [3.8, 4) is 22.8 Å². The van der Waals surface area contributed by atoms with E-state index < -0.39 is 0 Å². The van der Waals surface area contributed by atoms with Gasteiger partial charge in [-0.25, -0.2) is 9.99 Å². The van der Waals surface area contributed by atoms with Crippen molar-refractivity contribution < 1.29 is 19.0 Å². The Hall–Kier alpha value is -3.16. The Bertz CT molecular complexity index is 1050. The van der Waals surface area contributed by atoms with Crippen molar-refractivity contribution in [1.82, 2.24) is 15.4 Å². The third-order valence-electron chi connectivity index (χ3n) is 4.90. The van der Waals surface area contributed by atoms with Crippen LogP contribution in [0.2, 0.25) is 0 Å². The van der Waals surface area contributed by atoms with Gasteiger partial charge in [0.1, 0.15) is 0 Å². The van der Waals surface area contributed by atoms with Crippen LogP contribution in [0.5, 0.6) is 11.5 Å². The van der Waals surface area contributed by atoms with E-state index in [9.17, 15) is 4.79 Å². The van der Waals surface area contributed by atoms with E-state index in [-0.39, 0.29) is 12.7 Å². The summed E-state index contributed by atoms with van der Waals surface area (Å²) in [5.74, 6) is 1.25. The highest BCUT2D eigenvalue weighted by atomic mass is 16.7. The zero-order valence-corrected chi connectivity index (χ0v) is 15.2. The normalized spacial score (nSPS) is 16.3. The fourth-order valence-electron chi connectivity index (χ4n) is 3.45. The molecule has 1 N–H and O–H groups in total. The number of carbonyl (C=O) groups is 1. The van der Waals surface area contributed by atoms with Gasteiger partial charge in [-0.15, -0.1) is 0 Å². The summed E-state index contributed by atoms with van der Waals surface area (Å²) in [7, 11) is 0. The molecule has 0 saturated carbocycles. The Kier molecular flexibility index (Phi) is 4.31. The summed E-state index contributed by atoms with van der Waals surface area (Å²) in [4.78, 5) is 17.8. The van der Waals surface area contributed by atoms with Gasteiger partial charge in [-0.2, -0.15) is 0 Å². The number of para-hydroxylation sites is 1. The molecule has 2 aliphatic rings. The molecule has 1 aromatic heterocycles. The topological polar surface area (TPSA) is 72.9 Å². The summed E-state index contributed by atoms with van der Waals surface area (Å²) in [5.41, 5.74) is 5.93. The molecule has 2 aromatic carbocycles. The maximum Gasteiger partial charge on any atom is 0.266 e. The summed E-state index contributed by atoms with van der Waals surface area (Å²) < 4.78 is 16.2. The molecule has 3 heterocycles. The highest BCUT2D eigenvalue weighted by molar-refractivity contribution is 6.07. The lowest BCUT2D eigenvalue weighted by molar-refractivity contribution is 0.0127. The molecule has 0 atom stereocenters. The highest BCUT2D eigenvalue weighted by Crippen LogP contribution is 2.36. The van der Waals surface area contributed by atoms with E-state index in [1.807, 2.05) is 53.5 Å². The van der Waals surface area contributed by atoms with Crippen molar-refractivity contribution in [3.05, 3.63) is 54.1 Å². The summed E-state index contributed by atoms with van der Waals surface area (Å²) in [6.45, 7) is 2.78. The molecular formula is C21H19N3O4. The number of aromatic nitrogens is 1. The first-order valence-electron chi connectivity index (χ1n) is 9.21. The van der Waals surface area contributed by atoms with Gasteiger partial charge in [0.15, 0.2) is 11.5 Å². The number of hydrogen-bond donors (Lipinski definition) is 1. The first-order valence-corrected chi connectivity index (χ1v) is 9.21. The van der Waals surface area contributed by atoms with Gasteiger partial charge in [-0.05, 0) is 30.3 Å². The molecule has 0 spiro atoms. The number of carbonyl (C=O) groups excluding carboxylic acids is 1. The number of amides is 1. The predicted octanol–water partition coefficient (Wildman–Crippen LogP) is 2.61. The van der Waals surface area contributed by atoms with Gasteiger partial charge in [-0.1, -0.05) is 18.2 Å². The summed E-state index contributed by atoms with van der Waals surface area (Å²) in [6, 6.07) is 15.2. The van der Waals surface area contributed by atoms with Crippen molar-refractivity contribution in [3.63, 3.8) is 0 Å². The van der Waals surface area contributed by atoms with E-state index in [0.717, 1.165) is 22.2 Å². The molecule has 2 aliphatic heterocycles. The Morgan fingerprint density at radius 2 is 1.82 bits per heavy atom. The SMILES string of the molecule is O=C(NN1CCOCC1)c1cc(-c2ccc3c(c2)OCO3)nc2ccccc12. The Labute approximate surface area is 161 Å². The minimum Gasteiger partial charge on any atom is -0.454 e. The van der Waals surface area contributed by atoms with Gasteiger partial charge in [-0.3, -0.25) is 10.2 Å². The van der Waals surface area contributed by atoms with Gasteiger partial charge in [0.2, 0.25) is 6.79 Å². The molecule has 1 fully saturated rings. The maximum atomic E-state index is 13.0. The number of rotatable bonds is 3. The zero-order chi connectivity index (χ0) is 18.9. The van der Waals surface area contributed by atoms with Crippen LogP contribution in [-0.2, 0) is 4.74 Å². The van der Waals surface area contributed by atoms with Crippen LogP contribution < -0.4 is 14.9 Å². The maximum absolute atomic E-state index is 13.0. The monoisotopic (exact) mass is 377 g/mol. The number of benzene rings is 2. The van der Waals surface area contributed by atoms with Crippen LogP contribution in [-0.4, -0.2) is 49.0 Å². The summed E-state index contributed by atoms with van der Waals surface area (Å²) in [5, 5.41) is 2.71. The Morgan fingerprint density at radius 1 is 1.00 bits per heavy atom. The zero-order valence-electron chi connectivity index (χ0n) is 15.2. The third-order valence-corrected chi connectivity index (χ3v) is 4.90. The average Bonchev–Trinajstić information content (AvgIpc) is 3.21. The van der Waals surface area contributed by atoms with Gasteiger partial charge < -0.3 is 14.2 Å². The molecule has 0 bridgehead atoms. The average molecular weight is 377 g/mol. The third kappa shape index (κ3) is 3.15. The number of hydrazine groups is 1. The van der Waals surface area contributed by atoms with Crippen LogP contribution in [0.1, 0.15) is 10.4 Å². The quantitative estimate of drug-likeness (QED) is 0.756. The molecule has 28 heavy (non-hydrogen) atoms. The first-order chi connectivity index (χ1) is 13.8. The number of morpholine rings is 1. The van der Waals surface area contributed by atoms with Gasteiger partial charge in [0.25, 0.3) is 5.91 Å². The van der Waals surface area contributed by atoms with Crippen molar-refractivity contribution in [2.24, 2.45) is 0 Å². The smallest absolute Gasteiger partial charge is 0.266 e. The van der Waals surface area contributed by atoms with Crippen LogP contribution in [0, 0.1) is 0 Å². The second-order valence-electron chi connectivity index (χ2n) is 6.68. The van der Waals surface area contributed by atoms with E-state index in [0.29, 0.717) is 43.3 Å². The number of nitrogens with zero attached hydrogens (tertiary/aromatic N) is 2. The Morgan fingerprint density at radius 3 is 2.71 bits per heavy atom. The van der Waals surface area contributed by atoms with Crippen molar-refractivity contribution in [2.45, 2.75) is 0 Å². The molecule has 1 amide bonds. The molecule has 5 rings (SSSR count). The number of pyridine rings is 1. The molecule has 0 unspecified atom stereocenters. The molecule has 3 aromatic rings. The fraction of sp³-hybridized carbons (Fsp3) is 0.238. The second kappa shape index (κ2) is 7.10. The fourth-order valence-corrected chi connectivity index (χ4v) is 3.45. The van der Waals surface area contributed by atoms with Gasteiger partial charge in [0.05, 0.1) is 30.0 Å². The lowest BCUT2D eigenvalue weighted by Crippen LogP contribution is -2.48. The van der Waals surface area contributed by atoms with Gasteiger partial charge in [0, 0.05) is 24.0 Å². The first kappa shape index (κ1) is 17.0. The van der Waals surface area contributed by atoms with E-state index in [1.165, 1.54) is 0 Å². The largest absolute Gasteiger partial charge is 0.454 e. The molecule has 0 aliphatic carbocycles. The molecule has 142 valence electrons. The standard InChI is InChI=1S/C21H19N3O4/c25-21(23-24-7-9-26-10-8-24)16-12-18(22-17-4-2-1-3-15(16)17)14-5-6-19-20(11-14)28-13-27-19/h1-6,11-12H,7-10,13H2,(H,23,25). The van der Waals surface area contributed by atoms with E-state index in [4.69, 9.17) is 19.2 Å². The van der Waals surface area contributed by atoms with E-state index in [2.05, 4.69) is 5.43 Å². The highest BCUT2D eigenvalue weighted by Gasteiger charge is 2.19. The van der Waals surface area contributed by atoms with E-state index >= 15 is 0 Å². The van der Waals surface area contributed by atoms with Gasteiger partial charge >= 0.3 is 0 Å². The van der Waals surface area contributed by atoms with Crippen molar-refractivity contribution >= 4 is 16.8 Å². The number of fused-ring (bicyclic) bond motifs is 2. The molecule has 1 saturated heterocycles. The van der Waals surface area contributed by atoms with Crippen LogP contribution >= 0.6 is 0 Å². The molecule has 7 heteroatoms. The summed E-state index contributed by atoms with van der Waals surface area (Å²) in [6.07, 6.45) is 0. The lowest BCUT2D eigenvalue weighted by atomic mass is 10.0. The molecule has 0 radical (unpaired) electrons. The predicted molar refractivity (Wildman–Crippen MR) is 103 cm³/mol. The summed E-state index contributed by atoms with van der Waals surface area (Å²) >= 11 is 0. The van der Waals surface area contributed by atoms with E-state index in [1.54, 1.807) is 0 Å². The number of ether oxygens (including phenoxy) is 3.